The Kier molecular flexibility index (Phi) is 5.71. The third kappa shape index (κ3) is 4.16. The number of rotatable bonds is 5. The molecule has 7 aromatic rings. The molecular formula is C35H26N4. The lowest BCUT2D eigenvalue weighted by Crippen LogP contribution is -1.96. The smallest absolute Gasteiger partial charge is 0.145 e. The van der Waals surface area contributed by atoms with Gasteiger partial charge in [-0.05, 0) is 77.7 Å². The number of benzene rings is 3. The SMILES string of the molecule is CCc1ccc(-c2cc(-c3ccc(-n4c5ccccc5c5cccnc54)cc3)cc(-c3ccccn3)n2)cc1. The number of nitrogens with zero attached hydrogens (tertiary/aromatic N) is 4. The monoisotopic (exact) mass is 502 g/mol. The van der Waals surface area contributed by atoms with Gasteiger partial charge in [0.25, 0.3) is 0 Å². The first-order valence-corrected chi connectivity index (χ1v) is 13.3. The highest BCUT2D eigenvalue weighted by atomic mass is 15.0. The summed E-state index contributed by atoms with van der Waals surface area (Å²) in [4.78, 5) is 14.3. The zero-order valence-electron chi connectivity index (χ0n) is 21.6. The van der Waals surface area contributed by atoms with E-state index in [0.29, 0.717) is 0 Å². The number of aryl methyl sites for hydroxylation is 1. The minimum absolute atomic E-state index is 0.860. The summed E-state index contributed by atoms with van der Waals surface area (Å²) in [6.07, 6.45) is 4.69. The Morgan fingerprint density at radius 2 is 1.28 bits per heavy atom. The highest BCUT2D eigenvalue weighted by Crippen LogP contribution is 2.33. The fourth-order valence-electron chi connectivity index (χ4n) is 5.26. The van der Waals surface area contributed by atoms with Crippen LogP contribution in [0.5, 0.6) is 0 Å². The van der Waals surface area contributed by atoms with Gasteiger partial charge in [0.05, 0.1) is 22.6 Å². The molecule has 3 aromatic carbocycles. The molecule has 0 spiro atoms. The Labute approximate surface area is 227 Å². The number of fused-ring (bicyclic) bond motifs is 3. The number of hydrogen-bond donors (Lipinski definition) is 0. The second-order valence-electron chi connectivity index (χ2n) is 9.67. The average Bonchev–Trinajstić information content (AvgIpc) is 3.36. The van der Waals surface area contributed by atoms with Crippen LogP contribution < -0.4 is 0 Å². The zero-order chi connectivity index (χ0) is 26.2. The molecule has 0 aliphatic heterocycles. The maximum absolute atomic E-state index is 5.01. The quantitative estimate of drug-likeness (QED) is 0.237. The van der Waals surface area contributed by atoms with Crippen LogP contribution in [0.3, 0.4) is 0 Å². The van der Waals surface area contributed by atoms with Crippen LogP contribution in [-0.4, -0.2) is 19.5 Å². The maximum atomic E-state index is 5.01. The van der Waals surface area contributed by atoms with Gasteiger partial charge < -0.3 is 0 Å². The van der Waals surface area contributed by atoms with E-state index in [1.165, 1.54) is 10.9 Å². The summed E-state index contributed by atoms with van der Waals surface area (Å²) in [5.41, 5.74) is 10.5. The van der Waals surface area contributed by atoms with E-state index in [1.807, 2.05) is 36.7 Å². The Hall–Kier alpha value is -5.09. The molecular weight excluding hydrogens is 476 g/mol. The normalized spacial score (nSPS) is 11.3. The molecule has 0 amide bonds. The summed E-state index contributed by atoms with van der Waals surface area (Å²) in [7, 11) is 0. The summed E-state index contributed by atoms with van der Waals surface area (Å²) in [5, 5.41) is 2.36. The minimum atomic E-state index is 0.860. The highest BCUT2D eigenvalue weighted by Gasteiger charge is 2.14. The molecule has 0 saturated carbocycles. The third-order valence-corrected chi connectivity index (χ3v) is 7.30. The minimum Gasteiger partial charge on any atom is -0.294 e. The molecule has 0 saturated heterocycles. The van der Waals surface area contributed by atoms with Crippen molar-refractivity contribution < 1.29 is 0 Å². The van der Waals surface area contributed by atoms with Crippen molar-refractivity contribution >= 4 is 21.9 Å². The molecule has 0 N–H and O–H groups in total. The molecule has 0 aliphatic rings. The van der Waals surface area contributed by atoms with Crippen LogP contribution in [0.4, 0.5) is 0 Å². The third-order valence-electron chi connectivity index (χ3n) is 7.30. The van der Waals surface area contributed by atoms with Gasteiger partial charge in [0, 0.05) is 34.4 Å². The van der Waals surface area contributed by atoms with Crippen molar-refractivity contribution in [3.63, 3.8) is 0 Å². The Balaban J connectivity index is 1.35. The van der Waals surface area contributed by atoms with Gasteiger partial charge in [-0.25, -0.2) is 9.97 Å². The van der Waals surface area contributed by atoms with Crippen molar-refractivity contribution in [3.05, 3.63) is 133 Å². The molecule has 0 bridgehead atoms. The first-order chi connectivity index (χ1) is 19.3. The molecule has 0 aliphatic carbocycles. The molecule has 4 nitrogen and oxygen atoms in total. The van der Waals surface area contributed by atoms with Crippen molar-refractivity contribution in [1.29, 1.82) is 0 Å². The van der Waals surface area contributed by atoms with Crippen molar-refractivity contribution in [2.24, 2.45) is 0 Å². The van der Waals surface area contributed by atoms with Crippen LogP contribution in [0.15, 0.2) is 128 Å². The molecule has 0 atom stereocenters. The first kappa shape index (κ1) is 23.1. The van der Waals surface area contributed by atoms with Gasteiger partial charge in [0.2, 0.25) is 0 Å². The number of pyridine rings is 3. The lowest BCUT2D eigenvalue weighted by Gasteiger charge is -2.12. The zero-order valence-corrected chi connectivity index (χ0v) is 21.6. The molecule has 4 aromatic heterocycles. The van der Waals surface area contributed by atoms with E-state index < -0.39 is 0 Å². The van der Waals surface area contributed by atoms with Gasteiger partial charge in [0.1, 0.15) is 5.65 Å². The van der Waals surface area contributed by atoms with E-state index in [-0.39, 0.29) is 0 Å². The fourth-order valence-corrected chi connectivity index (χ4v) is 5.26. The summed E-state index contributed by atoms with van der Waals surface area (Å²) >= 11 is 0. The molecule has 0 radical (unpaired) electrons. The van der Waals surface area contributed by atoms with E-state index in [2.05, 4.69) is 107 Å². The van der Waals surface area contributed by atoms with Crippen LogP contribution in [0, 0.1) is 0 Å². The Morgan fingerprint density at radius 3 is 2.08 bits per heavy atom. The average molecular weight is 503 g/mol. The van der Waals surface area contributed by atoms with E-state index >= 15 is 0 Å². The summed E-state index contributed by atoms with van der Waals surface area (Å²) in [5.74, 6) is 0. The summed E-state index contributed by atoms with van der Waals surface area (Å²) in [6.45, 7) is 2.17. The Morgan fingerprint density at radius 1 is 0.564 bits per heavy atom. The van der Waals surface area contributed by atoms with Gasteiger partial charge in [0.15, 0.2) is 0 Å². The van der Waals surface area contributed by atoms with Crippen molar-refractivity contribution in [2.45, 2.75) is 13.3 Å². The van der Waals surface area contributed by atoms with Gasteiger partial charge in [-0.3, -0.25) is 9.55 Å². The van der Waals surface area contributed by atoms with Gasteiger partial charge in [-0.2, -0.15) is 0 Å². The molecule has 0 unspecified atom stereocenters. The predicted molar refractivity (Wildman–Crippen MR) is 160 cm³/mol. The molecule has 39 heavy (non-hydrogen) atoms. The number of aromatic nitrogens is 4. The molecule has 7 rings (SSSR count). The molecule has 4 heterocycles. The van der Waals surface area contributed by atoms with Gasteiger partial charge >= 0.3 is 0 Å². The van der Waals surface area contributed by atoms with Crippen molar-refractivity contribution in [1.82, 2.24) is 19.5 Å². The molecule has 4 heteroatoms. The van der Waals surface area contributed by atoms with Crippen LogP contribution >= 0.6 is 0 Å². The predicted octanol–water partition coefficient (Wildman–Crippen LogP) is 8.53. The standard InChI is InChI=1S/C35H26N4/c1-2-24-12-14-26(15-13-24)32-22-27(23-33(38-32)31-10-5-6-20-36-31)25-16-18-28(19-17-25)39-34-11-4-3-8-29(34)30-9-7-21-37-35(30)39/h3-23H,2H2,1H3. The van der Waals surface area contributed by atoms with E-state index in [0.717, 1.165) is 62.4 Å². The molecule has 0 fully saturated rings. The largest absolute Gasteiger partial charge is 0.294 e. The van der Waals surface area contributed by atoms with E-state index in [9.17, 15) is 0 Å². The lowest BCUT2D eigenvalue weighted by molar-refractivity contribution is 1.14. The van der Waals surface area contributed by atoms with Crippen LogP contribution in [0.25, 0.3) is 61.4 Å². The van der Waals surface area contributed by atoms with Crippen molar-refractivity contribution in [3.8, 4) is 39.5 Å². The van der Waals surface area contributed by atoms with Gasteiger partial charge in [-0.15, -0.1) is 0 Å². The first-order valence-electron chi connectivity index (χ1n) is 13.3. The Bertz CT molecular complexity index is 1870. The summed E-state index contributed by atoms with van der Waals surface area (Å²) < 4.78 is 2.24. The summed E-state index contributed by atoms with van der Waals surface area (Å²) in [6, 6.07) is 40.2. The number of hydrogen-bond acceptors (Lipinski definition) is 3. The lowest BCUT2D eigenvalue weighted by atomic mass is 10.00. The highest BCUT2D eigenvalue weighted by molar-refractivity contribution is 6.07. The maximum Gasteiger partial charge on any atom is 0.145 e. The number of para-hydroxylation sites is 1. The second-order valence-corrected chi connectivity index (χ2v) is 9.67. The topological polar surface area (TPSA) is 43.6 Å². The van der Waals surface area contributed by atoms with Crippen LogP contribution in [-0.2, 0) is 6.42 Å². The molecule has 186 valence electrons. The second kappa shape index (κ2) is 9.66. The van der Waals surface area contributed by atoms with Gasteiger partial charge in [-0.1, -0.05) is 67.6 Å². The van der Waals surface area contributed by atoms with Crippen LogP contribution in [0.1, 0.15) is 12.5 Å². The van der Waals surface area contributed by atoms with E-state index in [1.54, 1.807) is 0 Å². The van der Waals surface area contributed by atoms with Crippen LogP contribution in [0.2, 0.25) is 0 Å². The fraction of sp³-hybridized carbons (Fsp3) is 0.0571. The van der Waals surface area contributed by atoms with E-state index in [4.69, 9.17) is 9.97 Å². The van der Waals surface area contributed by atoms with Crippen molar-refractivity contribution in [2.75, 3.05) is 0 Å².